The summed E-state index contributed by atoms with van der Waals surface area (Å²) in [5.41, 5.74) is 0.804. The summed E-state index contributed by atoms with van der Waals surface area (Å²) in [6.45, 7) is 2.06. The van der Waals surface area contributed by atoms with Crippen LogP contribution in [0.15, 0.2) is 30.5 Å². The fourth-order valence-corrected chi connectivity index (χ4v) is 1.95. The number of benzene rings is 1. The van der Waals surface area contributed by atoms with Gasteiger partial charge in [0.05, 0.1) is 20.8 Å². The molecule has 0 radical (unpaired) electrons. The van der Waals surface area contributed by atoms with Gasteiger partial charge in [-0.2, -0.15) is 0 Å². The molecule has 1 unspecified atom stereocenters. The minimum atomic E-state index is -2.06. The van der Waals surface area contributed by atoms with Crippen molar-refractivity contribution in [3.05, 3.63) is 36.0 Å². The van der Waals surface area contributed by atoms with Crippen LogP contribution in [-0.2, 0) is 17.8 Å². The monoisotopic (exact) mass is 271 g/mol. The van der Waals surface area contributed by atoms with Crippen molar-refractivity contribution in [2.24, 2.45) is 0 Å². The summed E-state index contributed by atoms with van der Waals surface area (Å²) in [5.74, 6) is 1.30. The molecule has 18 heavy (non-hydrogen) atoms. The van der Waals surface area contributed by atoms with Gasteiger partial charge in [0.1, 0.15) is 11.5 Å². The van der Waals surface area contributed by atoms with E-state index in [1.165, 1.54) is 4.31 Å². The molecule has 0 bridgehead atoms. The van der Waals surface area contributed by atoms with Crippen LogP contribution in [0, 0.1) is 0 Å². The van der Waals surface area contributed by atoms with Crippen LogP contribution >= 0.6 is 0 Å². The summed E-state index contributed by atoms with van der Waals surface area (Å²) in [4.78, 5) is 0. The zero-order valence-electron chi connectivity index (χ0n) is 10.6. The molecule has 0 aliphatic carbocycles. The molecular weight excluding hydrogens is 254 g/mol. The molecule has 0 heterocycles. The average Bonchev–Trinajstić information content (AvgIpc) is 2.38. The van der Waals surface area contributed by atoms with E-state index in [-0.39, 0.29) is 6.54 Å². The van der Waals surface area contributed by atoms with Gasteiger partial charge in [0, 0.05) is 17.8 Å². The van der Waals surface area contributed by atoms with E-state index in [2.05, 4.69) is 0 Å². The van der Waals surface area contributed by atoms with Crippen molar-refractivity contribution in [1.29, 1.82) is 0 Å². The van der Waals surface area contributed by atoms with Crippen molar-refractivity contribution < 1.29 is 18.2 Å². The molecule has 0 saturated carbocycles. The fraction of sp³-hybridized carbons (Fsp3) is 0.333. The van der Waals surface area contributed by atoms with Crippen LogP contribution in [0.4, 0.5) is 0 Å². The van der Waals surface area contributed by atoms with Crippen LogP contribution in [0.5, 0.6) is 11.5 Å². The van der Waals surface area contributed by atoms with E-state index >= 15 is 0 Å². The minimum Gasteiger partial charge on any atom is -0.497 e. The van der Waals surface area contributed by atoms with Crippen molar-refractivity contribution in [2.75, 3.05) is 14.2 Å². The molecule has 0 fully saturated rings. The number of hydrogen-bond donors (Lipinski definition) is 1. The van der Waals surface area contributed by atoms with Gasteiger partial charge in [0.15, 0.2) is 0 Å². The third kappa shape index (κ3) is 3.75. The second-order valence-electron chi connectivity index (χ2n) is 3.47. The third-order valence-electron chi connectivity index (χ3n) is 2.34. The summed E-state index contributed by atoms with van der Waals surface area (Å²) in [5, 5.41) is 0. The first-order valence-corrected chi connectivity index (χ1v) is 6.40. The molecule has 1 atom stereocenters. The molecule has 0 spiro atoms. The zero-order valence-corrected chi connectivity index (χ0v) is 11.4. The molecule has 0 amide bonds. The average molecular weight is 271 g/mol. The lowest BCUT2D eigenvalue weighted by Crippen LogP contribution is -2.19. The molecule has 1 aromatic carbocycles. The van der Waals surface area contributed by atoms with Crippen LogP contribution in [0.25, 0.3) is 0 Å². The fourth-order valence-electron chi connectivity index (χ4n) is 1.48. The zero-order chi connectivity index (χ0) is 13.5. The van der Waals surface area contributed by atoms with Crippen LogP contribution in [0.2, 0.25) is 0 Å². The maximum Gasteiger partial charge on any atom is 0.261 e. The van der Waals surface area contributed by atoms with Crippen LogP contribution in [0.1, 0.15) is 12.5 Å². The van der Waals surface area contributed by atoms with E-state index in [1.54, 1.807) is 51.6 Å². The summed E-state index contributed by atoms with van der Waals surface area (Å²) in [6.07, 6.45) is 3.25. The first-order valence-electron chi connectivity index (χ1n) is 5.33. The van der Waals surface area contributed by atoms with Gasteiger partial charge in [0.2, 0.25) is 0 Å². The molecule has 0 aliphatic heterocycles. The van der Waals surface area contributed by atoms with Crippen molar-refractivity contribution in [3.63, 3.8) is 0 Å². The van der Waals surface area contributed by atoms with Gasteiger partial charge in [-0.05, 0) is 19.1 Å². The maximum atomic E-state index is 11.1. The molecule has 1 rings (SSSR count). The Morgan fingerprint density at radius 3 is 2.61 bits per heavy atom. The van der Waals surface area contributed by atoms with Gasteiger partial charge in [-0.15, -0.1) is 0 Å². The van der Waals surface area contributed by atoms with E-state index in [0.29, 0.717) is 11.5 Å². The Bertz CT molecular complexity index is 448. The Hall–Kier alpha value is -1.53. The molecular formula is C12H17NO4S. The summed E-state index contributed by atoms with van der Waals surface area (Å²) >= 11 is -2.06. The van der Waals surface area contributed by atoms with Gasteiger partial charge < -0.3 is 9.47 Å². The first-order chi connectivity index (χ1) is 8.62. The molecule has 1 N–H and O–H groups in total. The number of methoxy groups -OCH3 is 2. The first kappa shape index (κ1) is 14.5. The smallest absolute Gasteiger partial charge is 0.261 e. The largest absolute Gasteiger partial charge is 0.497 e. The Balaban J connectivity index is 2.98. The lowest BCUT2D eigenvalue weighted by atomic mass is 10.2. The standard InChI is InChI=1S/C12H17NO4S/c1-4-7-13(18(14)15)9-10-5-6-11(16-2)8-12(10)17-3/h4-8H,9H2,1-3H3,(H,14,15). The second-order valence-corrected chi connectivity index (χ2v) is 4.40. The molecule has 1 aromatic rings. The van der Waals surface area contributed by atoms with E-state index in [4.69, 9.17) is 14.0 Å². The quantitative estimate of drug-likeness (QED) is 0.806. The van der Waals surface area contributed by atoms with E-state index in [1.807, 2.05) is 0 Å². The van der Waals surface area contributed by atoms with E-state index in [0.717, 1.165) is 5.56 Å². The molecule has 6 heteroatoms. The predicted octanol–water partition coefficient (Wildman–Crippen LogP) is 2.18. The van der Waals surface area contributed by atoms with Gasteiger partial charge in [-0.25, -0.2) is 4.21 Å². The van der Waals surface area contributed by atoms with Gasteiger partial charge in [-0.3, -0.25) is 8.86 Å². The lowest BCUT2D eigenvalue weighted by molar-refractivity contribution is 0.385. The maximum absolute atomic E-state index is 11.1. The number of rotatable bonds is 6. The van der Waals surface area contributed by atoms with Crippen molar-refractivity contribution in [3.8, 4) is 11.5 Å². The topological polar surface area (TPSA) is 59.0 Å². The van der Waals surface area contributed by atoms with Crippen LogP contribution < -0.4 is 9.47 Å². The van der Waals surface area contributed by atoms with Gasteiger partial charge in [0.25, 0.3) is 11.3 Å². The Labute approximate surface area is 109 Å². The highest BCUT2D eigenvalue weighted by atomic mass is 32.2. The molecule has 100 valence electrons. The Morgan fingerprint density at radius 1 is 1.39 bits per heavy atom. The van der Waals surface area contributed by atoms with Crippen molar-refractivity contribution >= 4 is 11.3 Å². The van der Waals surface area contributed by atoms with E-state index < -0.39 is 11.3 Å². The predicted molar refractivity (Wildman–Crippen MR) is 70.7 cm³/mol. The lowest BCUT2D eigenvalue weighted by Gasteiger charge is -2.17. The normalized spacial score (nSPS) is 12.4. The second kappa shape index (κ2) is 7.03. The Kier molecular flexibility index (Phi) is 5.67. The molecule has 0 saturated heterocycles. The number of ether oxygens (including phenoxy) is 2. The highest BCUT2D eigenvalue weighted by Crippen LogP contribution is 2.26. The van der Waals surface area contributed by atoms with Gasteiger partial charge >= 0.3 is 0 Å². The highest BCUT2D eigenvalue weighted by Gasteiger charge is 2.11. The molecule has 0 aliphatic rings. The highest BCUT2D eigenvalue weighted by molar-refractivity contribution is 7.76. The number of hydrogen-bond acceptors (Lipinski definition) is 3. The van der Waals surface area contributed by atoms with E-state index in [9.17, 15) is 4.21 Å². The molecule has 5 nitrogen and oxygen atoms in total. The van der Waals surface area contributed by atoms with Crippen molar-refractivity contribution in [2.45, 2.75) is 13.5 Å². The number of allylic oxidation sites excluding steroid dienone is 1. The summed E-state index contributed by atoms with van der Waals surface area (Å²) in [7, 11) is 3.12. The number of nitrogens with zero attached hydrogens (tertiary/aromatic N) is 1. The molecule has 0 aromatic heterocycles. The van der Waals surface area contributed by atoms with Crippen molar-refractivity contribution in [1.82, 2.24) is 4.31 Å². The Morgan fingerprint density at radius 2 is 2.11 bits per heavy atom. The third-order valence-corrected chi connectivity index (χ3v) is 2.99. The van der Waals surface area contributed by atoms with Crippen LogP contribution in [0.3, 0.4) is 0 Å². The van der Waals surface area contributed by atoms with Crippen LogP contribution in [-0.4, -0.2) is 27.3 Å². The summed E-state index contributed by atoms with van der Waals surface area (Å²) in [6, 6.07) is 5.33. The van der Waals surface area contributed by atoms with Gasteiger partial charge in [-0.1, -0.05) is 6.08 Å². The SMILES string of the molecule is CC=CN(Cc1ccc(OC)cc1OC)S(=O)O. The minimum absolute atomic E-state index is 0.278. The summed E-state index contributed by atoms with van der Waals surface area (Å²) < 4.78 is 31.9.